The molecule has 4 rings (SSSR count). The van der Waals surface area contributed by atoms with Gasteiger partial charge in [-0.15, -0.1) is 0 Å². The van der Waals surface area contributed by atoms with Gasteiger partial charge in [0.15, 0.2) is 11.5 Å². The molecule has 1 unspecified atom stereocenters. The first-order valence-corrected chi connectivity index (χ1v) is 7.79. The first kappa shape index (κ1) is 13.8. The second-order valence-electron chi connectivity index (χ2n) is 5.65. The number of hydrogen-bond acceptors (Lipinski definition) is 3. The molecule has 1 aromatic carbocycles. The third-order valence-corrected chi connectivity index (χ3v) is 4.20. The van der Waals surface area contributed by atoms with Crippen molar-refractivity contribution in [3.63, 3.8) is 0 Å². The Balaban J connectivity index is 1.90. The first-order chi connectivity index (χ1) is 11.3. The molecule has 3 aromatic rings. The average molecular weight is 307 g/mol. The van der Waals surface area contributed by atoms with Gasteiger partial charge in [-0.05, 0) is 24.1 Å². The Hall–Kier alpha value is -2.82. The number of furan rings is 1. The van der Waals surface area contributed by atoms with Crippen LogP contribution in [0, 0.1) is 0 Å². The summed E-state index contributed by atoms with van der Waals surface area (Å²) in [5.74, 6) is 0.676. The van der Waals surface area contributed by atoms with Crippen LogP contribution < -0.4 is 0 Å². The first-order valence-electron chi connectivity index (χ1n) is 7.79. The van der Waals surface area contributed by atoms with E-state index in [2.05, 4.69) is 29.3 Å². The maximum atomic E-state index is 12.8. The van der Waals surface area contributed by atoms with Crippen molar-refractivity contribution in [1.82, 2.24) is 15.1 Å². The van der Waals surface area contributed by atoms with Crippen LogP contribution in [-0.4, -0.2) is 27.5 Å². The van der Waals surface area contributed by atoms with Gasteiger partial charge in [0.25, 0.3) is 5.91 Å². The van der Waals surface area contributed by atoms with E-state index in [9.17, 15) is 4.79 Å². The standard InChI is InChI=1S/C18H17N3O2/c1-2-10-21-17(12-7-4-3-5-8-12)14-15(13-9-6-11-23-13)19-20-16(14)18(21)22/h3-9,11,17H,2,10H2,1H3,(H,19,20). The number of fused-ring (bicyclic) bond motifs is 1. The number of nitrogens with one attached hydrogen (secondary N) is 1. The molecule has 5 heteroatoms. The summed E-state index contributed by atoms with van der Waals surface area (Å²) in [5.41, 5.74) is 3.27. The van der Waals surface area contributed by atoms with Crippen molar-refractivity contribution in [1.29, 1.82) is 0 Å². The van der Waals surface area contributed by atoms with E-state index < -0.39 is 0 Å². The highest BCUT2D eigenvalue weighted by molar-refractivity contribution is 5.99. The number of rotatable bonds is 4. The lowest BCUT2D eigenvalue weighted by Gasteiger charge is -2.25. The fraction of sp³-hybridized carbons (Fsp3) is 0.222. The zero-order valence-corrected chi connectivity index (χ0v) is 12.8. The summed E-state index contributed by atoms with van der Waals surface area (Å²) in [6.45, 7) is 2.78. The predicted octanol–water partition coefficient (Wildman–Crippen LogP) is 3.62. The molecule has 3 heterocycles. The lowest BCUT2D eigenvalue weighted by atomic mass is 9.98. The van der Waals surface area contributed by atoms with Crippen molar-refractivity contribution in [3.05, 3.63) is 65.5 Å². The molecule has 0 aliphatic carbocycles. The third-order valence-electron chi connectivity index (χ3n) is 4.20. The Bertz CT molecular complexity index is 821. The normalized spacial score (nSPS) is 16.8. The number of aromatic nitrogens is 2. The highest BCUT2D eigenvalue weighted by Gasteiger charge is 2.42. The number of nitrogens with zero attached hydrogens (tertiary/aromatic N) is 2. The van der Waals surface area contributed by atoms with Crippen LogP contribution in [0.25, 0.3) is 11.5 Å². The Morgan fingerprint density at radius 3 is 2.74 bits per heavy atom. The number of amides is 1. The second-order valence-corrected chi connectivity index (χ2v) is 5.65. The van der Waals surface area contributed by atoms with Gasteiger partial charge in [0.05, 0.1) is 12.3 Å². The van der Waals surface area contributed by atoms with Gasteiger partial charge >= 0.3 is 0 Å². The Morgan fingerprint density at radius 2 is 2.04 bits per heavy atom. The molecule has 0 spiro atoms. The molecule has 1 aliphatic heterocycles. The minimum absolute atomic E-state index is 0.0234. The lowest BCUT2D eigenvalue weighted by Crippen LogP contribution is -2.30. The molecule has 0 saturated heterocycles. The van der Waals surface area contributed by atoms with Crippen molar-refractivity contribution in [2.75, 3.05) is 6.54 Å². The summed E-state index contributed by atoms with van der Waals surface area (Å²) in [7, 11) is 0. The van der Waals surface area contributed by atoms with Gasteiger partial charge in [0.1, 0.15) is 5.69 Å². The van der Waals surface area contributed by atoms with Crippen molar-refractivity contribution in [2.45, 2.75) is 19.4 Å². The molecule has 5 nitrogen and oxygen atoms in total. The van der Waals surface area contributed by atoms with Crippen LogP contribution in [0.4, 0.5) is 0 Å². The molecule has 1 atom stereocenters. The van der Waals surface area contributed by atoms with E-state index in [1.54, 1.807) is 6.26 Å². The molecular weight excluding hydrogens is 290 g/mol. The highest BCUT2D eigenvalue weighted by Crippen LogP contribution is 2.42. The summed E-state index contributed by atoms with van der Waals surface area (Å²) in [4.78, 5) is 14.7. The number of aromatic amines is 1. The quantitative estimate of drug-likeness (QED) is 0.800. The Morgan fingerprint density at radius 1 is 1.22 bits per heavy atom. The van der Waals surface area contributed by atoms with Gasteiger partial charge in [-0.3, -0.25) is 9.89 Å². The van der Waals surface area contributed by atoms with Gasteiger partial charge in [-0.2, -0.15) is 5.10 Å². The molecule has 23 heavy (non-hydrogen) atoms. The number of hydrogen-bond donors (Lipinski definition) is 1. The van der Waals surface area contributed by atoms with Crippen molar-refractivity contribution in [2.24, 2.45) is 0 Å². The molecule has 0 fully saturated rings. The number of benzene rings is 1. The van der Waals surface area contributed by atoms with E-state index in [0.717, 1.165) is 23.2 Å². The summed E-state index contributed by atoms with van der Waals surface area (Å²) in [6, 6.07) is 13.7. The lowest BCUT2D eigenvalue weighted by molar-refractivity contribution is 0.0744. The van der Waals surface area contributed by atoms with Crippen molar-refractivity contribution < 1.29 is 9.21 Å². The maximum Gasteiger partial charge on any atom is 0.275 e. The molecule has 1 aliphatic rings. The van der Waals surface area contributed by atoms with E-state index >= 15 is 0 Å². The minimum atomic E-state index is -0.127. The molecular formula is C18H17N3O2. The van der Waals surface area contributed by atoms with E-state index in [1.165, 1.54) is 0 Å². The Kier molecular flexibility index (Phi) is 3.26. The molecule has 2 aromatic heterocycles. The maximum absolute atomic E-state index is 12.8. The topological polar surface area (TPSA) is 62.1 Å². The van der Waals surface area contributed by atoms with Crippen LogP contribution >= 0.6 is 0 Å². The Labute approximate surface area is 133 Å². The van der Waals surface area contributed by atoms with Gasteiger partial charge in [-0.25, -0.2) is 0 Å². The molecule has 1 N–H and O–H groups in total. The SMILES string of the molecule is CCCN1C(=O)c2n[nH]c(-c3ccco3)c2C1c1ccccc1. The van der Waals surface area contributed by atoms with E-state index in [1.807, 2.05) is 35.2 Å². The van der Waals surface area contributed by atoms with Crippen LogP contribution in [0.1, 0.15) is 41.0 Å². The average Bonchev–Trinajstić information content (AvgIpc) is 3.28. The molecule has 0 saturated carbocycles. The van der Waals surface area contributed by atoms with E-state index in [-0.39, 0.29) is 11.9 Å². The number of H-pyrrole nitrogens is 1. The molecule has 0 radical (unpaired) electrons. The summed E-state index contributed by atoms with van der Waals surface area (Å²) in [6.07, 6.45) is 2.53. The van der Waals surface area contributed by atoms with Crippen LogP contribution in [0.5, 0.6) is 0 Å². The monoisotopic (exact) mass is 307 g/mol. The van der Waals surface area contributed by atoms with Crippen LogP contribution in [0.2, 0.25) is 0 Å². The molecule has 0 bridgehead atoms. The van der Waals surface area contributed by atoms with Gasteiger partial charge in [0, 0.05) is 12.1 Å². The summed E-state index contributed by atoms with van der Waals surface area (Å²) in [5, 5.41) is 7.25. The van der Waals surface area contributed by atoms with Gasteiger partial charge < -0.3 is 9.32 Å². The third kappa shape index (κ3) is 2.08. The van der Waals surface area contributed by atoms with Gasteiger partial charge in [-0.1, -0.05) is 37.3 Å². The fourth-order valence-corrected chi connectivity index (χ4v) is 3.25. The predicted molar refractivity (Wildman–Crippen MR) is 85.9 cm³/mol. The van der Waals surface area contributed by atoms with E-state index in [0.29, 0.717) is 18.0 Å². The van der Waals surface area contributed by atoms with Crippen molar-refractivity contribution >= 4 is 5.91 Å². The van der Waals surface area contributed by atoms with Crippen molar-refractivity contribution in [3.8, 4) is 11.5 Å². The summed E-state index contributed by atoms with van der Waals surface area (Å²) < 4.78 is 5.52. The number of carbonyl (C=O) groups is 1. The second kappa shape index (κ2) is 5.43. The molecule has 116 valence electrons. The van der Waals surface area contributed by atoms with Crippen LogP contribution in [0.15, 0.2) is 53.1 Å². The largest absolute Gasteiger partial charge is 0.463 e. The van der Waals surface area contributed by atoms with Crippen LogP contribution in [0.3, 0.4) is 0 Å². The smallest absolute Gasteiger partial charge is 0.275 e. The van der Waals surface area contributed by atoms with Crippen LogP contribution in [-0.2, 0) is 0 Å². The fourth-order valence-electron chi connectivity index (χ4n) is 3.25. The summed E-state index contributed by atoms with van der Waals surface area (Å²) >= 11 is 0. The van der Waals surface area contributed by atoms with Gasteiger partial charge in [0.2, 0.25) is 0 Å². The zero-order valence-electron chi connectivity index (χ0n) is 12.8. The molecule has 1 amide bonds. The zero-order chi connectivity index (χ0) is 15.8. The van der Waals surface area contributed by atoms with E-state index in [4.69, 9.17) is 4.42 Å². The highest BCUT2D eigenvalue weighted by atomic mass is 16.3. The minimum Gasteiger partial charge on any atom is -0.463 e. The number of carbonyl (C=O) groups excluding carboxylic acids is 1.